The van der Waals surface area contributed by atoms with E-state index in [9.17, 15) is 0 Å². The van der Waals surface area contributed by atoms with Crippen LogP contribution in [0.4, 0.5) is 0 Å². The lowest BCUT2D eigenvalue weighted by Gasteiger charge is -1.93. The predicted octanol–water partition coefficient (Wildman–Crippen LogP) is 2.47. The highest BCUT2D eigenvalue weighted by molar-refractivity contribution is 6.39. The van der Waals surface area contributed by atoms with Gasteiger partial charge < -0.3 is 0 Å². The summed E-state index contributed by atoms with van der Waals surface area (Å²) in [5.74, 6) is 0. The third kappa shape index (κ3) is 1.77. The molecule has 0 saturated heterocycles. The highest BCUT2D eigenvalue weighted by atomic mass is 35.5. The van der Waals surface area contributed by atoms with Gasteiger partial charge in [-0.2, -0.15) is 0 Å². The molecule has 1 rings (SSSR count). The van der Waals surface area contributed by atoms with E-state index in [1.165, 1.54) is 12.2 Å². The SMILES string of the molecule is N=C1C=C(Cl)[CH+]C(Cl)=C1. The second-order valence-electron chi connectivity index (χ2n) is 1.66. The molecule has 0 fully saturated rings. The standard InChI is InChI=1S/C6H4Cl2N/c7-4-1-5(8)3-6(9)2-4/h1-3,9H/q+1. The maximum absolute atomic E-state index is 7.11. The highest BCUT2D eigenvalue weighted by Crippen LogP contribution is 2.20. The zero-order chi connectivity index (χ0) is 6.85. The van der Waals surface area contributed by atoms with Gasteiger partial charge >= 0.3 is 0 Å². The minimum Gasteiger partial charge on any atom is -0.275 e. The van der Waals surface area contributed by atoms with Gasteiger partial charge in [0, 0.05) is 0 Å². The predicted molar refractivity (Wildman–Crippen MR) is 39.9 cm³/mol. The van der Waals surface area contributed by atoms with Gasteiger partial charge in [0.15, 0.2) is 15.8 Å². The summed E-state index contributed by atoms with van der Waals surface area (Å²) < 4.78 is 0. The van der Waals surface area contributed by atoms with Crippen molar-refractivity contribution in [2.45, 2.75) is 0 Å². The minimum absolute atomic E-state index is 0.340. The Morgan fingerprint density at radius 3 is 2.00 bits per heavy atom. The number of rotatable bonds is 0. The van der Waals surface area contributed by atoms with Crippen molar-refractivity contribution in [3.8, 4) is 0 Å². The van der Waals surface area contributed by atoms with Gasteiger partial charge in [-0.3, -0.25) is 5.41 Å². The Balaban J connectivity index is 2.81. The average Bonchev–Trinajstić information content (AvgIpc) is 1.59. The Morgan fingerprint density at radius 1 is 1.22 bits per heavy atom. The molecule has 1 nitrogen and oxygen atoms in total. The molecule has 0 saturated carbocycles. The molecule has 0 aromatic heterocycles. The summed E-state index contributed by atoms with van der Waals surface area (Å²) in [6.07, 6.45) is 4.67. The van der Waals surface area contributed by atoms with E-state index in [1.807, 2.05) is 0 Å². The molecule has 0 bridgehead atoms. The van der Waals surface area contributed by atoms with Crippen LogP contribution >= 0.6 is 23.2 Å². The normalized spacial score (nSPS) is 18.2. The van der Waals surface area contributed by atoms with Gasteiger partial charge in [-0.05, 0) is 0 Å². The van der Waals surface area contributed by atoms with Crippen molar-refractivity contribution in [1.29, 1.82) is 5.41 Å². The summed E-state index contributed by atoms with van der Waals surface area (Å²) in [4.78, 5) is 0. The van der Waals surface area contributed by atoms with Gasteiger partial charge in [-0.15, -0.1) is 0 Å². The van der Waals surface area contributed by atoms with Crippen molar-refractivity contribution in [2.24, 2.45) is 0 Å². The summed E-state index contributed by atoms with van der Waals surface area (Å²) in [6.45, 7) is 0. The minimum atomic E-state index is 0.340. The van der Waals surface area contributed by atoms with Gasteiger partial charge in [-0.1, -0.05) is 23.2 Å². The van der Waals surface area contributed by atoms with Crippen LogP contribution in [0, 0.1) is 11.8 Å². The van der Waals surface area contributed by atoms with Crippen molar-refractivity contribution in [3.63, 3.8) is 0 Å². The van der Waals surface area contributed by atoms with Crippen LogP contribution in [0.1, 0.15) is 0 Å². The summed E-state index contributed by atoms with van der Waals surface area (Å²) in [7, 11) is 0. The monoisotopic (exact) mass is 160 g/mol. The summed E-state index contributed by atoms with van der Waals surface area (Å²) in [5, 5.41) is 8.12. The largest absolute Gasteiger partial charge is 0.275 e. The van der Waals surface area contributed by atoms with E-state index in [0.29, 0.717) is 15.8 Å². The summed E-state index contributed by atoms with van der Waals surface area (Å²) in [6, 6.07) is 0. The molecule has 1 N–H and O–H groups in total. The maximum atomic E-state index is 7.11. The molecular formula is C6H4Cl2N+. The molecule has 0 radical (unpaired) electrons. The lowest BCUT2D eigenvalue weighted by molar-refractivity contribution is 1.50. The van der Waals surface area contributed by atoms with E-state index in [-0.39, 0.29) is 0 Å². The summed E-state index contributed by atoms with van der Waals surface area (Å²) >= 11 is 11.1. The quantitative estimate of drug-likeness (QED) is 0.527. The van der Waals surface area contributed by atoms with Crippen LogP contribution in [-0.4, -0.2) is 5.71 Å². The van der Waals surface area contributed by atoms with E-state index in [1.54, 1.807) is 6.42 Å². The number of allylic oxidation sites excluding steroid dienone is 4. The fourth-order valence-electron chi connectivity index (χ4n) is 0.554. The van der Waals surface area contributed by atoms with Crippen LogP contribution in [0.15, 0.2) is 22.2 Å². The first-order chi connectivity index (χ1) is 4.18. The Bertz CT molecular complexity index is 183. The second kappa shape index (κ2) is 2.46. The highest BCUT2D eigenvalue weighted by Gasteiger charge is 2.14. The Labute approximate surface area is 63.5 Å². The van der Waals surface area contributed by atoms with Gasteiger partial charge in [0.25, 0.3) is 0 Å². The molecule has 9 heavy (non-hydrogen) atoms. The van der Waals surface area contributed by atoms with Gasteiger partial charge in [0.05, 0.1) is 18.6 Å². The van der Waals surface area contributed by atoms with Crippen molar-refractivity contribution < 1.29 is 0 Å². The van der Waals surface area contributed by atoms with E-state index < -0.39 is 0 Å². The average molecular weight is 161 g/mol. The van der Waals surface area contributed by atoms with Gasteiger partial charge in [0.1, 0.15) is 0 Å². The first-order valence-corrected chi connectivity index (χ1v) is 3.12. The Morgan fingerprint density at radius 2 is 1.67 bits per heavy atom. The van der Waals surface area contributed by atoms with E-state index in [2.05, 4.69) is 0 Å². The second-order valence-corrected chi connectivity index (χ2v) is 2.53. The van der Waals surface area contributed by atoms with Crippen molar-refractivity contribution in [3.05, 3.63) is 28.6 Å². The third-order valence-electron chi connectivity index (χ3n) is 0.863. The van der Waals surface area contributed by atoms with E-state index >= 15 is 0 Å². The van der Waals surface area contributed by atoms with Crippen LogP contribution in [-0.2, 0) is 0 Å². The number of hydrogen-bond acceptors (Lipinski definition) is 1. The molecule has 0 aromatic rings. The van der Waals surface area contributed by atoms with E-state index in [4.69, 9.17) is 28.6 Å². The molecule has 0 aromatic carbocycles. The zero-order valence-electron chi connectivity index (χ0n) is 4.49. The number of hydrogen-bond donors (Lipinski definition) is 1. The van der Waals surface area contributed by atoms with Crippen LogP contribution in [0.5, 0.6) is 0 Å². The maximum Gasteiger partial charge on any atom is 0.168 e. The topological polar surface area (TPSA) is 23.9 Å². The molecule has 0 heterocycles. The molecule has 0 spiro atoms. The first-order valence-electron chi connectivity index (χ1n) is 2.36. The molecule has 0 aliphatic heterocycles. The van der Waals surface area contributed by atoms with Crippen molar-refractivity contribution >= 4 is 28.9 Å². The smallest absolute Gasteiger partial charge is 0.168 e. The fraction of sp³-hybridized carbons (Fsp3) is 0. The lowest BCUT2D eigenvalue weighted by atomic mass is 10.2. The van der Waals surface area contributed by atoms with Gasteiger partial charge in [0.2, 0.25) is 0 Å². The van der Waals surface area contributed by atoms with Crippen molar-refractivity contribution in [1.82, 2.24) is 0 Å². The van der Waals surface area contributed by atoms with Crippen LogP contribution in [0.3, 0.4) is 0 Å². The first kappa shape index (κ1) is 6.72. The van der Waals surface area contributed by atoms with Gasteiger partial charge in [-0.25, -0.2) is 0 Å². The van der Waals surface area contributed by atoms with Crippen molar-refractivity contribution in [2.75, 3.05) is 0 Å². The summed E-state index contributed by atoms with van der Waals surface area (Å²) in [5.41, 5.74) is 0.340. The molecule has 0 unspecified atom stereocenters. The fourth-order valence-corrected chi connectivity index (χ4v) is 1.08. The molecule has 46 valence electrons. The molecule has 3 heteroatoms. The number of halogens is 2. The molecule has 1 aliphatic carbocycles. The Hall–Kier alpha value is -0.400. The van der Waals surface area contributed by atoms with Crippen LogP contribution in [0.25, 0.3) is 0 Å². The van der Waals surface area contributed by atoms with Crippen LogP contribution in [0.2, 0.25) is 0 Å². The molecule has 0 amide bonds. The zero-order valence-corrected chi connectivity index (χ0v) is 6.00. The Kier molecular flexibility index (Phi) is 1.84. The molecular weight excluding hydrogens is 157 g/mol. The van der Waals surface area contributed by atoms with E-state index in [0.717, 1.165) is 0 Å². The molecule has 1 aliphatic rings. The third-order valence-corrected chi connectivity index (χ3v) is 1.30. The lowest BCUT2D eigenvalue weighted by Crippen LogP contribution is -1.94. The van der Waals surface area contributed by atoms with Crippen LogP contribution < -0.4 is 0 Å². The number of nitrogens with one attached hydrogen (secondary N) is 1. The molecule has 0 atom stereocenters.